The molecule has 0 saturated carbocycles. The van der Waals surface area contributed by atoms with Gasteiger partial charge in [-0.05, 0) is 12.5 Å². The van der Waals surface area contributed by atoms with E-state index in [1.807, 2.05) is 0 Å². The van der Waals surface area contributed by atoms with Gasteiger partial charge in [0.1, 0.15) is 6.54 Å². The van der Waals surface area contributed by atoms with E-state index in [9.17, 15) is 18.0 Å². The molecular formula is C11H13F3N2O. The lowest BCUT2D eigenvalue weighted by Crippen LogP contribution is -2.44. The number of carbonyl (C=O) groups is 1. The molecule has 3 nitrogen and oxygen atoms in total. The fourth-order valence-electron chi connectivity index (χ4n) is 1.56. The van der Waals surface area contributed by atoms with Crippen molar-refractivity contribution in [1.29, 1.82) is 0 Å². The highest BCUT2D eigenvalue weighted by atomic mass is 19.4. The quantitative estimate of drug-likeness (QED) is 0.702. The number of amides is 1. The van der Waals surface area contributed by atoms with E-state index >= 15 is 0 Å². The van der Waals surface area contributed by atoms with Gasteiger partial charge >= 0.3 is 6.18 Å². The second-order valence-electron chi connectivity index (χ2n) is 3.72. The standard InChI is InChI=1S/C11H13F3N2O/c1-3-15-6-9-4-5-16(7-11(12,13)14)10(17)8(9)2/h3-4,6,8H,1,5,7H2,2H3. The first-order valence-electron chi connectivity index (χ1n) is 5.05. The first-order chi connectivity index (χ1) is 7.85. The lowest BCUT2D eigenvalue weighted by atomic mass is 9.96. The van der Waals surface area contributed by atoms with Gasteiger partial charge in [0.15, 0.2) is 0 Å². The van der Waals surface area contributed by atoms with Gasteiger partial charge in [-0.2, -0.15) is 13.2 Å². The van der Waals surface area contributed by atoms with E-state index in [1.165, 1.54) is 12.4 Å². The van der Waals surface area contributed by atoms with Crippen LogP contribution in [0.25, 0.3) is 0 Å². The smallest absolute Gasteiger partial charge is 0.329 e. The van der Waals surface area contributed by atoms with Crippen LogP contribution in [0.4, 0.5) is 13.2 Å². The highest BCUT2D eigenvalue weighted by Gasteiger charge is 2.36. The summed E-state index contributed by atoms with van der Waals surface area (Å²) in [5.74, 6) is -1.13. The van der Waals surface area contributed by atoms with Gasteiger partial charge in [-0.25, -0.2) is 0 Å². The van der Waals surface area contributed by atoms with Crippen molar-refractivity contribution in [1.82, 2.24) is 4.90 Å². The largest absolute Gasteiger partial charge is 0.406 e. The zero-order valence-electron chi connectivity index (χ0n) is 9.37. The van der Waals surface area contributed by atoms with Crippen LogP contribution in [-0.2, 0) is 4.79 Å². The number of hydrogen-bond donors (Lipinski definition) is 0. The van der Waals surface area contributed by atoms with Gasteiger partial charge in [0.25, 0.3) is 0 Å². The Balaban J connectivity index is 2.79. The monoisotopic (exact) mass is 246 g/mol. The van der Waals surface area contributed by atoms with Crippen LogP contribution >= 0.6 is 0 Å². The second kappa shape index (κ2) is 5.16. The van der Waals surface area contributed by atoms with Crippen LogP contribution < -0.4 is 0 Å². The minimum atomic E-state index is -4.37. The number of carbonyl (C=O) groups excluding carboxylic acids is 1. The third-order valence-corrected chi connectivity index (χ3v) is 2.43. The predicted octanol–water partition coefficient (Wildman–Crippen LogP) is 2.17. The molecule has 0 aromatic rings. The highest BCUT2D eigenvalue weighted by Crippen LogP contribution is 2.23. The van der Waals surface area contributed by atoms with E-state index in [2.05, 4.69) is 11.6 Å². The number of hydrogen-bond acceptors (Lipinski definition) is 2. The van der Waals surface area contributed by atoms with Crippen molar-refractivity contribution in [3.63, 3.8) is 0 Å². The van der Waals surface area contributed by atoms with E-state index < -0.39 is 24.5 Å². The molecule has 0 aromatic heterocycles. The Hall–Kier alpha value is -1.59. The molecule has 1 aliphatic heterocycles. The summed E-state index contributed by atoms with van der Waals surface area (Å²) in [6.07, 6.45) is -0.0403. The van der Waals surface area contributed by atoms with E-state index in [0.717, 1.165) is 4.90 Å². The van der Waals surface area contributed by atoms with Gasteiger partial charge in [0.05, 0.1) is 5.92 Å². The molecule has 0 radical (unpaired) electrons. The lowest BCUT2D eigenvalue weighted by molar-refractivity contribution is -0.162. The Kier molecular flexibility index (Phi) is 4.09. The summed E-state index contributed by atoms with van der Waals surface area (Å²) in [5.41, 5.74) is 0.619. The average Bonchev–Trinajstić information content (AvgIpc) is 2.22. The van der Waals surface area contributed by atoms with Crippen LogP contribution in [0.15, 0.2) is 29.4 Å². The molecule has 1 atom stereocenters. The number of halogens is 3. The lowest BCUT2D eigenvalue weighted by Gasteiger charge is -2.30. The number of rotatable bonds is 3. The Morgan fingerprint density at radius 2 is 2.29 bits per heavy atom. The fraction of sp³-hybridized carbons (Fsp3) is 0.455. The van der Waals surface area contributed by atoms with Crippen LogP contribution in [-0.4, -0.2) is 36.3 Å². The second-order valence-corrected chi connectivity index (χ2v) is 3.72. The molecule has 0 saturated heterocycles. The van der Waals surface area contributed by atoms with Crippen LogP contribution in [0.3, 0.4) is 0 Å². The zero-order chi connectivity index (χ0) is 13.1. The van der Waals surface area contributed by atoms with Crippen LogP contribution in [0.5, 0.6) is 0 Å². The van der Waals surface area contributed by atoms with E-state index in [-0.39, 0.29) is 6.54 Å². The number of nitrogens with zero attached hydrogens (tertiary/aromatic N) is 2. The molecule has 0 N–H and O–H groups in total. The van der Waals surface area contributed by atoms with Crippen LogP contribution in [0.2, 0.25) is 0 Å². The average molecular weight is 246 g/mol. The van der Waals surface area contributed by atoms with E-state index in [0.29, 0.717) is 5.57 Å². The van der Waals surface area contributed by atoms with Crippen molar-refractivity contribution in [2.75, 3.05) is 13.1 Å². The van der Waals surface area contributed by atoms with Crippen molar-refractivity contribution < 1.29 is 18.0 Å². The summed E-state index contributed by atoms with van der Waals surface area (Å²) in [7, 11) is 0. The zero-order valence-corrected chi connectivity index (χ0v) is 9.37. The number of alkyl halides is 3. The first-order valence-corrected chi connectivity index (χ1v) is 5.05. The molecule has 1 aliphatic rings. The Morgan fingerprint density at radius 3 is 2.82 bits per heavy atom. The minimum Gasteiger partial charge on any atom is -0.329 e. The third kappa shape index (κ3) is 3.72. The maximum absolute atomic E-state index is 12.2. The molecule has 0 aliphatic carbocycles. The molecule has 1 heterocycles. The van der Waals surface area contributed by atoms with Gasteiger partial charge in [-0.15, -0.1) is 0 Å². The molecule has 0 bridgehead atoms. The molecule has 0 spiro atoms. The van der Waals surface area contributed by atoms with Crippen molar-refractivity contribution in [3.05, 3.63) is 24.4 Å². The van der Waals surface area contributed by atoms with E-state index in [4.69, 9.17) is 0 Å². The summed E-state index contributed by atoms with van der Waals surface area (Å²) in [5, 5.41) is 0. The highest BCUT2D eigenvalue weighted by molar-refractivity contribution is 5.93. The van der Waals surface area contributed by atoms with Crippen LogP contribution in [0, 0.1) is 5.92 Å². The maximum atomic E-state index is 12.2. The normalized spacial score (nSPS) is 21.9. The van der Waals surface area contributed by atoms with Crippen LogP contribution in [0.1, 0.15) is 6.92 Å². The summed E-state index contributed by atoms with van der Waals surface area (Å²) in [6, 6.07) is 0. The predicted molar refractivity (Wildman–Crippen MR) is 58.6 cm³/mol. The summed E-state index contributed by atoms with van der Waals surface area (Å²) >= 11 is 0. The molecule has 1 amide bonds. The molecule has 1 rings (SSSR count). The van der Waals surface area contributed by atoms with Gasteiger partial charge < -0.3 is 4.90 Å². The third-order valence-electron chi connectivity index (χ3n) is 2.43. The van der Waals surface area contributed by atoms with E-state index in [1.54, 1.807) is 13.0 Å². The minimum absolute atomic E-state index is 0.0405. The molecule has 0 aromatic carbocycles. The van der Waals surface area contributed by atoms with Crippen molar-refractivity contribution in [2.24, 2.45) is 10.9 Å². The molecule has 0 fully saturated rings. The van der Waals surface area contributed by atoms with Crippen molar-refractivity contribution in [3.8, 4) is 0 Å². The van der Waals surface area contributed by atoms with Gasteiger partial charge in [0, 0.05) is 19.0 Å². The topological polar surface area (TPSA) is 32.7 Å². The van der Waals surface area contributed by atoms with Crippen molar-refractivity contribution >= 4 is 12.1 Å². The summed E-state index contributed by atoms with van der Waals surface area (Å²) in [6.45, 7) is 3.69. The van der Waals surface area contributed by atoms with Gasteiger partial charge in [-0.3, -0.25) is 9.79 Å². The first kappa shape index (κ1) is 13.5. The maximum Gasteiger partial charge on any atom is 0.406 e. The molecular weight excluding hydrogens is 233 g/mol. The molecule has 1 unspecified atom stereocenters. The summed E-state index contributed by atoms with van der Waals surface area (Å²) < 4.78 is 36.6. The molecule has 94 valence electrons. The molecule has 6 heteroatoms. The Bertz CT molecular complexity index is 371. The fourth-order valence-corrected chi connectivity index (χ4v) is 1.56. The summed E-state index contributed by atoms with van der Waals surface area (Å²) in [4.78, 5) is 16.2. The SMILES string of the molecule is C=CN=CC1=CCN(CC(F)(F)F)C(=O)C1C. The Labute approximate surface area is 97.3 Å². The molecule has 17 heavy (non-hydrogen) atoms. The number of aliphatic imine (C=N–C) groups is 1. The van der Waals surface area contributed by atoms with Gasteiger partial charge in [-0.1, -0.05) is 12.7 Å². The van der Waals surface area contributed by atoms with Gasteiger partial charge in [0.2, 0.25) is 5.91 Å². The van der Waals surface area contributed by atoms with Crippen molar-refractivity contribution in [2.45, 2.75) is 13.1 Å². The Morgan fingerprint density at radius 1 is 1.65 bits per heavy atom.